The Morgan fingerprint density at radius 3 is 2.30 bits per heavy atom. The van der Waals surface area contributed by atoms with E-state index in [9.17, 15) is 17.6 Å². The van der Waals surface area contributed by atoms with E-state index in [0.717, 1.165) is 51.2 Å². The molecule has 1 amide bonds. The van der Waals surface area contributed by atoms with Crippen LogP contribution in [0.25, 0.3) is 0 Å². The van der Waals surface area contributed by atoms with Crippen LogP contribution >= 0.6 is 0 Å². The van der Waals surface area contributed by atoms with Gasteiger partial charge < -0.3 is 9.80 Å². The number of nitrogens with zero attached hydrogens (tertiary/aromatic N) is 2. The SMILES string of the molecule is O=C(c1ccc(NS(=O)(=O)c2ccc(F)cc2)cc1)N1CCCC1CN1CCCC1. The highest BCUT2D eigenvalue weighted by atomic mass is 32.2. The van der Waals surface area contributed by atoms with Gasteiger partial charge in [-0.1, -0.05) is 0 Å². The van der Waals surface area contributed by atoms with Gasteiger partial charge in [-0.15, -0.1) is 0 Å². The van der Waals surface area contributed by atoms with Gasteiger partial charge in [0.15, 0.2) is 0 Å². The van der Waals surface area contributed by atoms with Gasteiger partial charge >= 0.3 is 0 Å². The van der Waals surface area contributed by atoms with Crippen molar-refractivity contribution in [3.8, 4) is 0 Å². The summed E-state index contributed by atoms with van der Waals surface area (Å²) in [4.78, 5) is 17.4. The normalized spacial score (nSPS) is 19.9. The van der Waals surface area contributed by atoms with Gasteiger partial charge in [0.25, 0.3) is 15.9 Å². The summed E-state index contributed by atoms with van der Waals surface area (Å²) in [7, 11) is -3.82. The van der Waals surface area contributed by atoms with Gasteiger partial charge in [0.05, 0.1) is 4.90 Å². The summed E-state index contributed by atoms with van der Waals surface area (Å²) in [6.45, 7) is 3.92. The Hall–Kier alpha value is -2.45. The number of carbonyl (C=O) groups is 1. The number of rotatable bonds is 6. The molecular weight excluding hydrogens is 405 g/mol. The third-order valence-electron chi connectivity index (χ3n) is 5.81. The van der Waals surface area contributed by atoms with Crippen molar-refractivity contribution in [3.05, 3.63) is 59.9 Å². The van der Waals surface area contributed by atoms with Gasteiger partial charge in [-0.2, -0.15) is 0 Å². The van der Waals surface area contributed by atoms with Crippen LogP contribution in [0.2, 0.25) is 0 Å². The molecule has 0 aromatic heterocycles. The predicted octanol–water partition coefficient (Wildman–Crippen LogP) is 3.33. The van der Waals surface area contributed by atoms with Crippen LogP contribution in [0.1, 0.15) is 36.0 Å². The molecule has 0 spiro atoms. The number of hydrogen-bond donors (Lipinski definition) is 1. The molecule has 1 N–H and O–H groups in total. The molecule has 1 atom stereocenters. The Balaban J connectivity index is 1.42. The second-order valence-corrected chi connectivity index (χ2v) is 9.62. The lowest BCUT2D eigenvalue weighted by Crippen LogP contribution is -2.42. The molecule has 2 aromatic rings. The van der Waals surface area contributed by atoms with Gasteiger partial charge in [-0.25, -0.2) is 12.8 Å². The molecule has 0 radical (unpaired) electrons. The van der Waals surface area contributed by atoms with Crippen LogP contribution in [0.3, 0.4) is 0 Å². The zero-order valence-corrected chi connectivity index (χ0v) is 17.6. The number of nitrogens with one attached hydrogen (secondary N) is 1. The first kappa shape index (κ1) is 20.8. The number of sulfonamides is 1. The highest BCUT2D eigenvalue weighted by molar-refractivity contribution is 7.92. The van der Waals surface area contributed by atoms with Gasteiger partial charge in [-0.3, -0.25) is 9.52 Å². The van der Waals surface area contributed by atoms with E-state index >= 15 is 0 Å². The van der Waals surface area contributed by atoms with Crippen molar-refractivity contribution in [1.82, 2.24) is 9.80 Å². The first-order valence-electron chi connectivity index (χ1n) is 10.3. The van der Waals surface area contributed by atoms with Crippen molar-refractivity contribution in [3.63, 3.8) is 0 Å². The minimum absolute atomic E-state index is 0.00959. The van der Waals surface area contributed by atoms with E-state index in [-0.39, 0.29) is 16.8 Å². The Morgan fingerprint density at radius 2 is 1.63 bits per heavy atom. The molecule has 160 valence electrons. The van der Waals surface area contributed by atoms with E-state index in [4.69, 9.17) is 0 Å². The fourth-order valence-corrected chi connectivity index (χ4v) is 5.29. The van der Waals surface area contributed by atoms with Crippen molar-refractivity contribution in [2.24, 2.45) is 0 Å². The van der Waals surface area contributed by atoms with Crippen LogP contribution in [0.5, 0.6) is 0 Å². The number of amides is 1. The summed E-state index contributed by atoms with van der Waals surface area (Å²) in [5.41, 5.74) is 0.902. The van der Waals surface area contributed by atoms with E-state index in [1.165, 1.54) is 25.0 Å². The van der Waals surface area contributed by atoms with Crippen molar-refractivity contribution in [1.29, 1.82) is 0 Å². The highest BCUT2D eigenvalue weighted by Gasteiger charge is 2.31. The summed E-state index contributed by atoms with van der Waals surface area (Å²) < 4.78 is 40.4. The highest BCUT2D eigenvalue weighted by Crippen LogP contribution is 2.24. The lowest BCUT2D eigenvalue weighted by atomic mass is 10.1. The lowest BCUT2D eigenvalue weighted by Gasteiger charge is -2.28. The monoisotopic (exact) mass is 431 g/mol. The maximum absolute atomic E-state index is 13.0. The fourth-order valence-electron chi connectivity index (χ4n) is 4.23. The van der Waals surface area contributed by atoms with Gasteiger partial charge in [-0.05, 0) is 87.3 Å². The van der Waals surface area contributed by atoms with Crippen LogP contribution in [-0.4, -0.2) is 56.3 Å². The van der Waals surface area contributed by atoms with E-state index < -0.39 is 15.8 Å². The Bertz CT molecular complexity index is 987. The predicted molar refractivity (Wildman–Crippen MR) is 113 cm³/mol. The van der Waals surface area contributed by atoms with Crippen LogP contribution in [0.4, 0.5) is 10.1 Å². The number of hydrogen-bond acceptors (Lipinski definition) is 4. The number of halogens is 1. The van der Waals surface area contributed by atoms with E-state index in [1.807, 2.05) is 4.90 Å². The molecule has 0 bridgehead atoms. The molecule has 2 aliphatic heterocycles. The summed E-state index contributed by atoms with van der Waals surface area (Å²) in [5, 5.41) is 0. The molecule has 30 heavy (non-hydrogen) atoms. The zero-order valence-electron chi connectivity index (χ0n) is 16.8. The van der Waals surface area contributed by atoms with Crippen LogP contribution < -0.4 is 4.72 Å². The average Bonchev–Trinajstić information content (AvgIpc) is 3.41. The summed E-state index contributed by atoms with van der Waals surface area (Å²) in [6.07, 6.45) is 4.50. The van der Waals surface area contributed by atoms with Crippen LogP contribution in [-0.2, 0) is 10.0 Å². The Morgan fingerprint density at radius 1 is 0.967 bits per heavy atom. The van der Waals surface area contributed by atoms with Crippen molar-refractivity contribution >= 4 is 21.6 Å². The number of anilines is 1. The van der Waals surface area contributed by atoms with Crippen molar-refractivity contribution in [2.75, 3.05) is 30.9 Å². The van der Waals surface area contributed by atoms with E-state index in [1.54, 1.807) is 24.3 Å². The summed E-state index contributed by atoms with van der Waals surface area (Å²) in [5.74, 6) is -0.508. The minimum atomic E-state index is -3.82. The molecule has 4 rings (SSSR count). The molecular formula is C22H26FN3O3S. The first-order chi connectivity index (χ1) is 14.4. The number of likely N-dealkylation sites (tertiary alicyclic amines) is 2. The summed E-state index contributed by atoms with van der Waals surface area (Å²) in [6, 6.07) is 11.3. The quantitative estimate of drug-likeness (QED) is 0.762. The Labute approximate surface area is 176 Å². The van der Waals surface area contributed by atoms with Crippen LogP contribution in [0, 0.1) is 5.82 Å². The standard InChI is InChI=1S/C22H26FN3O3S/c23-18-7-11-21(12-8-18)30(28,29)24-19-9-5-17(6-10-19)22(27)26-15-3-4-20(26)16-25-13-1-2-14-25/h5-12,20,24H,1-4,13-16H2. The van der Waals surface area contributed by atoms with E-state index in [0.29, 0.717) is 11.3 Å². The second kappa shape index (κ2) is 8.73. The van der Waals surface area contributed by atoms with E-state index in [2.05, 4.69) is 9.62 Å². The molecule has 2 aliphatic rings. The largest absolute Gasteiger partial charge is 0.334 e. The molecule has 8 heteroatoms. The summed E-state index contributed by atoms with van der Waals surface area (Å²) >= 11 is 0. The topological polar surface area (TPSA) is 69.7 Å². The van der Waals surface area contributed by atoms with Gasteiger partial charge in [0, 0.05) is 30.4 Å². The first-order valence-corrected chi connectivity index (χ1v) is 11.8. The molecule has 0 saturated carbocycles. The lowest BCUT2D eigenvalue weighted by molar-refractivity contribution is 0.0709. The average molecular weight is 432 g/mol. The smallest absolute Gasteiger partial charge is 0.261 e. The van der Waals surface area contributed by atoms with Crippen LogP contribution in [0.15, 0.2) is 53.4 Å². The zero-order chi connectivity index (χ0) is 21.1. The maximum Gasteiger partial charge on any atom is 0.261 e. The van der Waals surface area contributed by atoms with Gasteiger partial charge in [0.1, 0.15) is 5.82 Å². The van der Waals surface area contributed by atoms with Crippen molar-refractivity contribution < 1.29 is 17.6 Å². The maximum atomic E-state index is 13.0. The Kier molecular flexibility index (Phi) is 6.06. The molecule has 2 saturated heterocycles. The van der Waals surface area contributed by atoms with Gasteiger partial charge in [0.2, 0.25) is 0 Å². The molecule has 6 nitrogen and oxygen atoms in total. The van der Waals surface area contributed by atoms with Crippen molar-refractivity contribution in [2.45, 2.75) is 36.6 Å². The minimum Gasteiger partial charge on any atom is -0.334 e. The molecule has 2 fully saturated rings. The number of carbonyl (C=O) groups excluding carboxylic acids is 1. The molecule has 2 heterocycles. The third kappa shape index (κ3) is 4.65. The number of benzene rings is 2. The fraction of sp³-hybridized carbons (Fsp3) is 0.409. The molecule has 1 unspecified atom stereocenters. The molecule has 2 aromatic carbocycles. The third-order valence-corrected chi connectivity index (χ3v) is 7.21. The second-order valence-electron chi connectivity index (χ2n) is 7.94. The molecule has 0 aliphatic carbocycles.